The molecule has 1 fully saturated rings. The Bertz CT molecular complexity index is 101. The van der Waals surface area contributed by atoms with Crippen LogP contribution in [0.3, 0.4) is 0 Å². The lowest BCUT2D eigenvalue weighted by atomic mass is 10.2. The molecule has 0 aliphatic carbocycles. The number of carboxylic acids is 1. The number of carbonyl (C=O) groups is 1. The fourth-order valence-electron chi connectivity index (χ4n) is 0.895. The van der Waals surface area contributed by atoms with E-state index in [9.17, 15) is 4.79 Å². The minimum atomic E-state index is -0.720. The maximum atomic E-state index is 10.1. The highest BCUT2D eigenvalue weighted by Gasteiger charge is 2.20. The van der Waals surface area contributed by atoms with E-state index >= 15 is 0 Å². The zero-order valence-electron chi connectivity index (χ0n) is 4.55. The Hall–Kier alpha value is -0.353. The van der Waals surface area contributed by atoms with Crippen LogP contribution in [0.1, 0.15) is 12.8 Å². The van der Waals surface area contributed by atoms with Gasteiger partial charge in [-0.2, -0.15) is 0 Å². The summed E-state index contributed by atoms with van der Waals surface area (Å²) in [7, 11) is 0. The van der Waals surface area contributed by atoms with Crippen LogP contribution in [0.25, 0.3) is 0 Å². The molecular weight excluding hydrogens is 134 g/mol. The summed E-state index contributed by atoms with van der Waals surface area (Å²) >= 11 is 0. The zero-order valence-corrected chi connectivity index (χ0v) is 4.55. The Balaban J connectivity index is 0.000000640. The quantitative estimate of drug-likeness (QED) is 0.438. The average Bonchev–Trinajstić information content (AvgIpc) is 2.12. The van der Waals surface area contributed by atoms with E-state index in [1.165, 1.54) is 0 Å². The molecule has 1 rings (SSSR count). The summed E-state index contributed by atoms with van der Waals surface area (Å²) in [6, 6.07) is -0.269. The smallest absolute Gasteiger partial charge is 0.320 e. The Morgan fingerprint density at radius 1 is 1.67 bits per heavy atom. The molecule has 54 valence electrons. The highest BCUT2D eigenvalue weighted by atomic mass is 28.1. The third-order valence-corrected chi connectivity index (χ3v) is 1.36. The van der Waals surface area contributed by atoms with Crippen LogP contribution in [0.15, 0.2) is 0 Å². The molecule has 3 nitrogen and oxygen atoms in total. The van der Waals surface area contributed by atoms with Crippen LogP contribution < -0.4 is 5.32 Å². The molecule has 0 unspecified atom stereocenters. The molecule has 1 heterocycles. The van der Waals surface area contributed by atoms with E-state index in [-0.39, 0.29) is 17.0 Å². The Labute approximate surface area is 58.5 Å². The standard InChI is InChI=1S/C5H9NO2.H4Si/c7-5(8)4-2-1-3-6-4;/h4,6H,1-3H2,(H,7,8);1H4/t4-;/m0./s1. The first-order chi connectivity index (χ1) is 3.80. The van der Waals surface area contributed by atoms with Crippen LogP contribution in [-0.2, 0) is 4.79 Å². The zero-order chi connectivity index (χ0) is 5.98. The molecule has 0 aromatic rings. The highest BCUT2D eigenvalue weighted by Crippen LogP contribution is 2.03. The van der Waals surface area contributed by atoms with Gasteiger partial charge in [0.15, 0.2) is 0 Å². The second-order valence-corrected chi connectivity index (χ2v) is 1.99. The maximum absolute atomic E-state index is 10.1. The minimum Gasteiger partial charge on any atom is -0.480 e. The number of nitrogens with one attached hydrogen (secondary N) is 1. The van der Waals surface area contributed by atoms with Crippen LogP contribution in [0, 0.1) is 0 Å². The van der Waals surface area contributed by atoms with Crippen molar-refractivity contribution in [2.45, 2.75) is 18.9 Å². The molecule has 4 heteroatoms. The summed E-state index contributed by atoms with van der Waals surface area (Å²) < 4.78 is 0. The molecule has 2 N–H and O–H groups in total. The predicted molar refractivity (Wildman–Crippen MR) is 40.0 cm³/mol. The van der Waals surface area contributed by atoms with E-state index in [2.05, 4.69) is 5.32 Å². The second-order valence-electron chi connectivity index (χ2n) is 1.99. The van der Waals surface area contributed by atoms with Gasteiger partial charge in [-0.05, 0) is 30.4 Å². The van der Waals surface area contributed by atoms with Gasteiger partial charge in [0.25, 0.3) is 0 Å². The van der Waals surface area contributed by atoms with Gasteiger partial charge in [0.05, 0.1) is 0 Å². The molecule has 0 saturated carbocycles. The van der Waals surface area contributed by atoms with Gasteiger partial charge < -0.3 is 10.4 Å². The molecule has 1 saturated heterocycles. The Morgan fingerprint density at radius 3 is 2.56 bits per heavy atom. The summed E-state index contributed by atoms with van der Waals surface area (Å²) in [5, 5.41) is 11.2. The Morgan fingerprint density at radius 2 is 2.33 bits per heavy atom. The van der Waals surface area contributed by atoms with Crippen molar-refractivity contribution in [2.24, 2.45) is 0 Å². The lowest BCUT2D eigenvalue weighted by Gasteiger charge is -1.99. The molecular formula is C5H13NO2Si. The van der Waals surface area contributed by atoms with E-state index in [4.69, 9.17) is 5.11 Å². The first-order valence-corrected chi connectivity index (χ1v) is 2.77. The van der Waals surface area contributed by atoms with E-state index < -0.39 is 5.97 Å². The van der Waals surface area contributed by atoms with Crippen LogP contribution in [0.4, 0.5) is 0 Å². The summed E-state index contributed by atoms with van der Waals surface area (Å²) in [4.78, 5) is 10.1. The van der Waals surface area contributed by atoms with Crippen LogP contribution >= 0.6 is 0 Å². The highest BCUT2D eigenvalue weighted by molar-refractivity contribution is 5.75. The van der Waals surface area contributed by atoms with Crippen molar-refractivity contribution in [1.29, 1.82) is 0 Å². The van der Waals surface area contributed by atoms with Crippen molar-refractivity contribution in [3.63, 3.8) is 0 Å². The molecule has 0 bridgehead atoms. The lowest BCUT2D eigenvalue weighted by Crippen LogP contribution is -2.29. The first-order valence-electron chi connectivity index (χ1n) is 2.77. The minimum absolute atomic E-state index is 0. The summed E-state index contributed by atoms with van der Waals surface area (Å²) in [6.07, 6.45) is 1.78. The molecule has 9 heavy (non-hydrogen) atoms. The van der Waals surface area contributed by atoms with Crippen molar-refractivity contribution >= 4 is 16.9 Å². The van der Waals surface area contributed by atoms with Crippen LogP contribution in [-0.4, -0.2) is 34.6 Å². The maximum Gasteiger partial charge on any atom is 0.320 e. The van der Waals surface area contributed by atoms with Gasteiger partial charge in [-0.15, -0.1) is 0 Å². The molecule has 0 radical (unpaired) electrons. The third-order valence-electron chi connectivity index (χ3n) is 1.36. The predicted octanol–water partition coefficient (Wildman–Crippen LogP) is -1.63. The summed E-state index contributed by atoms with van der Waals surface area (Å²) in [5.41, 5.74) is 0. The van der Waals surface area contributed by atoms with Crippen LogP contribution in [0.2, 0.25) is 0 Å². The molecule has 0 spiro atoms. The number of hydrogen-bond donors (Lipinski definition) is 2. The molecule has 1 aliphatic heterocycles. The lowest BCUT2D eigenvalue weighted by molar-refractivity contribution is -0.139. The first kappa shape index (κ1) is 8.65. The molecule has 0 aromatic heterocycles. The van der Waals surface area contributed by atoms with Gasteiger partial charge in [-0.3, -0.25) is 4.79 Å². The number of carboxylic acid groups (broad SMARTS) is 1. The van der Waals surface area contributed by atoms with Crippen molar-refractivity contribution in [1.82, 2.24) is 5.32 Å². The average molecular weight is 147 g/mol. The van der Waals surface area contributed by atoms with Gasteiger partial charge >= 0.3 is 5.97 Å². The van der Waals surface area contributed by atoms with Gasteiger partial charge in [-0.25, -0.2) is 0 Å². The van der Waals surface area contributed by atoms with Crippen molar-refractivity contribution < 1.29 is 9.90 Å². The van der Waals surface area contributed by atoms with E-state index in [0.29, 0.717) is 0 Å². The van der Waals surface area contributed by atoms with Gasteiger partial charge in [0.2, 0.25) is 0 Å². The second kappa shape index (κ2) is 3.63. The van der Waals surface area contributed by atoms with Gasteiger partial charge in [0.1, 0.15) is 6.04 Å². The molecule has 0 amide bonds. The van der Waals surface area contributed by atoms with Gasteiger partial charge in [0, 0.05) is 0 Å². The van der Waals surface area contributed by atoms with Crippen LogP contribution in [0.5, 0.6) is 0 Å². The fourth-order valence-corrected chi connectivity index (χ4v) is 0.895. The SMILES string of the molecule is O=C(O)[C@@H]1CCCN1.[SiH4]. The number of rotatable bonds is 1. The molecule has 0 aromatic carbocycles. The Kier molecular flexibility index (Phi) is 3.49. The summed E-state index contributed by atoms with van der Waals surface area (Å²) in [6.45, 7) is 0.858. The topological polar surface area (TPSA) is 49.3 Å². The fraction of sp³-hybridized carbons (Fsp3) is 0.800. The number of aliphatic carboxylic acids is 1. The monoisotopic (exact) mass is 147 g/mol. The third kappa shape index (κ3) is 2.15. The van der Waals surface area contributed by atoms with E-state index in [1.807, 2.05) is 0 Å². The van der Waals surface area contributed by atoms with E-state index in [0.717, 1.165) is 19.4 Å². The molecule has 1 atom stereocenters. The van der Waals surface area contributed by atoms with Gasteiger partial charge in [-0.1, -0.05) is 0 Å². The molecule has 1 aliphatic rings. The van der Waals surface area contributed by atoms with Crippen molar-refractivity contribution in [3.8, 4) is 0 Å². The largest absolute Gasteiger partial charge is 0.480 e. The van der Waals surface area contributed by atoms with Crippen molar-refractivity contribution in [2.75, 3.05) is 6.54 Å². The van der Waals surface area contributed by atoms with Crippen molar-refractivity contribution in [3.05, 3.63) is 0 Å². The summed E-state index contributed by atoms with van der Waals surface area (Å²) in [5.74, 6) is -0.720. The normalized spacial score (nSPS) is 25.1. The number of hydrogen-bond acceptors (Lipinski definition) is 2. The van der Waals surface area contributed by atoms with E-state index in [1.54, 1.807) is 0 Å².